The molecule has 0 saturated carbocycles. The van der Waals surface area contributed by atoms with Gasteiger partial charge in [-0.25, -0.2) is 0 Å². The van der Waals surface area contributed by atoms with Crippen molar-refractivity contribution < 1.29 is 9.21 Å². The number of aromatic nitrogens is 2. The molecule has 0 bridgehead atoms. The van der Waals surface area contributed by atoms with Gasteiger partial charge in [-0.15, -0.1) is 10.2 Å². The van der Waals surface area contributed by atoms with E-state index in [-0.39, 0.29) is 5.91 Å². The molecule has 21 heavy (non-hydrogen) atoms. The first-order valence-electron chi connectivity index (χ1n) is 8.01. The summed E-state index contributed by atoms with van der Waals surface area (Å²) in [4.78, 5) is 16.6. The SMILES string of the molecule is CCC(=O)N1CCC[C@H]1[C@H]1CCCN1Cc1nnc(C)o1. The van der Waals surface area contributed by atoms with E-state index in [9.17, 15) is 4.79 Å². The summed E-state index contributed by atoms with van der Waals surface area (Å²) >= 11 is 0. The second-order valence-corrected chi connectivity index (χ2v) is 6.05. The van der Waals surface area contributed by atoms with E-state index in [4.69, 9.17) is 4.42 Å². The van der Waals surface area contributed by atoms with Crippen molar-refractivity contribution in [2.75, 3.05) is 13.1 Å². The van der Waals surface area contributed by atoms with Crippen molar-refractivity contribution >= 4 is 5.91 Å². The average Bonchev–Trinajstić information content (AvgIpc) is 3.18. The molecule has 2 atom stereocenters. The first kappa shape index (κ1) is 14.5. The number of rotatable bonds is 4. The van der Waals surface area contributed by atoms with E-state index in [1.54, 1.807) is 0 Å². The highest BCUT2D eigenvalue weighted by molar-refractivity contribution is 5.76. The van der Waals surface area contributed by atoms with Crippen LogP contribution in [0.3, 0.4) is 0 Å². The Balaban J connectivity index is 1.69. The Labute approximate surface area is 125 Å². The Bertz CT molecular complexity index is 502. The summed E-state index contributed by atoms with van der Waals surface area (Å²) in [5.74, 6) is 1.59. The highest BCUT2D eigenvalue weighted by Crippen LogP contribution is 2.31. The zero-order valence-electron chi connectivity index (χ0n) is 12.9. The molecule has 6 nitrogen and oxygen atoms in total. The van der Waals surface area contributed by atoms with E-state index in [1.807, 2.05) is 13.8 Å². The van der Waals surface area contributed by atoms with Gasteiger partial charge in [0.25, 0.3) is 0 Å². The number of carbonyl (C=O) groups is 1. The molecule has 116 valence electrons. The highest BCUT2D eigenvalue weighted by atomic mass is 16.4. The number of likely N-dealkylation sites (tertiary alicyclic amines) is 2. The summed E-state index contributed by atoms with van der Waals surface area (Å²) in [6.45, 7) is 6.44. The van der Waals surface area contributed by atoms with Gasteiger partial charge in [-0.05, 0) is 32.2 Å². The smallest absolute Gasteiger partial charge is 0.230 e. The Morgan fingerprint density at radius 3 is 2.71 bits per heavy atom. The largest absolute Gasteiger partial charge is 0.424 e. The maximum absolute atomic E-state index is 12.1. The molecular formula is C15H24N4O2. The van der Waals surface area contributed by atoms with Crippen molar-refractivity contribution in [2.45, 2.75) is 64.6 Å². The van der Waals surface area contributed by atoms with Gasteiger partial charge >= 0.3 is 0 Å². The minimum Gasteiger partial charge on any atom is -0.424 e. The van der Waals surface area contributed by atoms with Gasteiger partial charge in [0, 0.05) is 32.0 Å². The first-order valence-corrected chi connectivity index (χ1v) is 8.01. The maximum Gasteiger partial charge on any atom is 0.230 e. The molecule has 0 aromatic carbocycles. The second kappa shape index (κ2) is 6.13. The molecule has 1 aromatic rings. The molecule has 3 heterocycles. The molecule has 0 unspecified atom stereocenters. The zero-order valence-corrected chi connectivity index (χ0v) is 12.9. The van der Waals surface area contributed by atoms with Gasteiger partial charge < -0.3 is 9.32 Å². The van der Waals surface area contributed by atoms with Gasteiger partial charge in [-0.2, -0.15) is 0 Å². The number of amides is 1. The van der Waals surface area contributed by atoms with E-state index in [2.05, 4.69) is 20.0 Å². The zero-order chi connectivity index (χ0) is 14.8. The normalized spacial score (nSPS) is 26.7. The first-order chi connectivity index (χ1) is 10.2. The molecule has 2 fully saturated rings. The van der Waals surface area contributed by atoms with Crippen LogP contribution in [-0.2, 0) is 11.3 Å². The number of nitrogens with zero attached hydrogens (tertiary/aromatic N) is 4. The van der Waals surface area contributed by atoms with Crippen LogP contribution < -0.4 is 0 Å². The van der Waals surface area contributed by atoms with Crippen molar-refractivity contribution in [1.82, 2.24) is 20.0 Å². The van der Waals surface area contributed by atoms with Crippen molar-refractivity contribution in [2.24, 2.45) is 0 Å². The van der Waals surface area contributed by atoms with Gasteiger partial charge in [-0.3, -0.25) is 9.69 Å². The third-order valence-electron chi connectivity index (χ3n) is 4.69. The van der Waals surface area contributed by atoms with Crippen LogP contribution in [0, 0.1) is 6.92 Å². The van der Waals surface area contributed by atoms with Crippen molar-refractivity contribution in [1.29, 1.82) is 0 Å². The van der Waals surface area contributed by atoms with Crippen molar-refractivity contribution in [3.8, 4) is 0 Å². The highest BCUT2D eigenvalue weighted by Gasteiger charge is 2.39. The summed E-state index contributed by atoms with van der Waals surface area (Å²) < 4.78 is 5.51. The molecule has 2 saturated heterocycles. The lowest BCUT2D eigenvalue weighted by Crippen LogP contribution is -2.47. The fourth-order valence-corrected chi connectivity index (χ4v) is 3.76. The molecule has 3 rings (SSSR count). The molecule has 0 N–H and O–H groups in total. The minimum absolute atomic E-state index is 0.290. The van der Waals surface area contributed by atoms with E-state index in [0.29, 0.717) is 36.8 Å². The molecule has 2 aliphatic heterocycles. The number of carbonyl (C=O) groups excluding carboxylic acids is 1. The Kier molecular flexibility index (Phi) is 4.24. The van der Waals surface area contributed by atoms with Crippen LogP contribution in [0.25, 0.3) is 0 Å². The maximum atomic E-state index is 12.1. The summed E-state index contributed by atoms with van der Waals surface area (Å²) in [6.07, 6.45) is 5.19. The second-order valence-electron chi connectivity index (χ2n) is 6.05. The molecule has 0 aliphatic carbocycles. The van der Waals surface area contributed by atoms with Gasteiger partial charge in [-0.1, -0.05) is 6.92 Å². The Morgan fingerprint density at radius 1 is 1.24 bits per heavy atom. The lowest BCUT2D eigenvalue weighted by Gasteiger charge is -2.34. The number of aryl methyl sites for hydroxylation is 1. The lowest BCUT2D eigenvalue weighted by atomic mass is 10.0. The van der Waals surface area contributed by atoms with Crippen molar-refractivity contribution in [3.05, 3.63) is 11.8 Å². The molecule has 0 radical (unpaired) electrons. The number of hydrogen-bond donors (Lipinski definition) is 0. The summed E-state index contributed by atoms with van der Waals surface area (Å²) in [5, 5.41) is 8.00. The molecular weight excluding hydrogens is 268 g/mol. The Morgan fingerprint density at radius 2 is 2.00 bits per heavy atom. The van der Waals surface area contributed by atoms with Crippen LogP contribution in [0.2, 0.25) is 0 Å². The third-order valence-corrected chi connectivity index (χ3v) is 4.69. The predicted molar refractivity (Wildman–Crippen MR) is 77.5 cm³/mol. The third kappa shape index (κ3) is 2.95. The summed E-state index contributed by atoms with van der Waals surface area (Å²) in [5.41, 5.74) is 0. The predicted octanol–water partition coefficient (Wildman–Crippen LogP) is 1.74. The molecule has 0 spiro atoms. The van der Waals surface area contributed by atoms with Gasteiger partial charge in [0.05, 0.1) is 6.54 Å². The fourth-order valence-electron chi connectivity index (χ4n) is 3.76. The van der Waals surface area contributed by atoms with Crippen LogP contribution >= 0.6 is 0 Å². The standard InChI is InChI=1S/C15H24N4O2/c1-3-15(20)19-9-5-7-13(19)12-6-4-8-18(12)10-14-17-16-11(2)21-14/h12-13H,3-10H2,1-2H3/t12-,13+/m1/s1. The van der Waals surface area contributed by atoms with Crippen LogP contribution in [-0.4, -0.2) is 51.1 Å². The fraction of sp³-hybridized carbons (Fsp3) is 0.800. The van der Waals surface area contributed by atoms with E-state index in [0.717, 1.165) is 32.4 Å². The monoisotopic (exact) mass is 292 g/mol. The summed E-state index contributed by atoms with van der Waals surface area (Å²) in [7, 11) is 0. The van der Waals surface area contributed by atoms with Crippen LogP contribution in [0.5, 0.6) is 0 Å². The minimum atomic E-state index is 0.290. The van der Waals surface area contributed by atoms with Crippen molar-refractivity contribution in [3.63, 3.8) is 0 Å². The van der Waals surface area contributed by atoms with Gasteiger partial charge in [0.1, 0.15) is 0 Å². The lowest BCUT2D eigenvalue weighted by molar-refractivity contribution is -0.132. The molecule has 1 amide bonds. The summed E-state index contributed by atoms with van der Waals surface area (Å²) in [6, 6.07) is 0.805. The molecule has 6 heteroatoms. The van der Waals surface area contributed by atoms with E-state index < -0.39 is 0 Å². The van der Waals surface area contributed by atoms with E-state index >= 15 is 0 Å². The van der Waals surface area contributed by atoms with Gasteiger partial charge in [0.2, 0.25) is 17.7 Å². The van der Waals surface area contributed by atoms with Crippen LogP contribution in [0.15, 0.2) is 4.42 Å². The average molecular weight is 292 g/mol. The van der Waals surface area contributed by atoms with Gasteiger partial charge in [0.15, 0.2) is 0 Å². The molecule has 2 aliphatic rings. The Hall–Kier alpha value is -1.43. The van der Waals surface area contributed by atoms with Crippen LogP contribution in [0.1, 0.15) is 50.8 Å². The topological polar surface area (TPSA) is 62.5 Å². The molecule has 1 aromatic heterocycles. The quantitative estimate of drug-likeness (QED) is 0.846. The van der Waals surface area contributed by atoms with Crippen LogP contribution in [0.4, 0.5) is 0 Å². The number of hydrogen-bond acceptors (Lipinski definition) is 5. The van der Waals surface area contributed by atoms with E-state index in [1.165, 1.54) is 6.42 Å².